The first kappa shape index (κ1) is 24.2. The van der Waals surface area contributed by atoms with Crippen LogP contribution in [0.15, 0.2) is 66.7 Å². The van der Waals surface area contributed by atoms with Crippen LogP contribution >= 0.6 is 23.4 Å². The maximum Gasteiger partial charge on any atom is 0.251 e. The molecule has 1 N–H and O–H groups in total. The normalized spacial score (nSPS) is 15.4. The van der Waals surface area contributed by atoms with Crippen molar-refractivity contribution >= 4 is 35.2 Å². The van der Waals surface area contributed by atoms with E-state index in [2.05, 4.69) is 5.32 Å². The molecule has 3 aromatic carbocycles. The molecular weight excluding hydrogens is 468 g/mol. The number of ether oxygens (including phenoxy) is 1. The van der Waals surface area contributed by atoms with Gasteiger partial charge in [0.05, 0.1) is 12.3 Å². The van der Waals surface area contributed by atoms with E-state index in [0.717, 1.165) is 22.4 Å². The van der Waals surface area contributed by atoms with Crippen molar-refractivity contribution in [3.63, 3.8) is 0 Å². The number of amides is 2. The highest BCUT2D eigenvalue weighted by molar-refractivity contribution is 8.00. The molecule has 0 spiro atoms. The number of benzene rings is 3. The highest BCUT2D eigenvalue weighted by atomic mass is 35.5. The number of nitrogens with one attached hydrogen (secondary N) is 1. The number of rotatable bonds is 8. The van der Waals surface area contributed by atoms with Crippen LogP contribution < -0.4 is 10.1 Å². The lowest BCUT2D eigenvalue weighted by atomic mass is 10.1. The fourth-order valence-electron chi connectivity index (χ4n) is 3.79. The lowest BCUT2D eigenvalue weighted by Crippen LogP contribution is -2.28. The van der Waals surface area contributed by atoms with Crippen molar-refractivity contribution in [3.8, 4) is 5.75 Å². The predicted octanol–water partition coefficient (Wildman–Crippen LogP) is 5.54. The average molecular weight is 495 g/mol. The Balaban J connectivity index is 1.32. The van der Waals surface area contributed by atoms with E-state index in [0.29, 0.717) is 36.0 Å². The second-order valence-corrected chi connectivity index (χ2v) is 9.74. The van der Waals surface area contributed by atoms with Crippen LogP contribution in [0, 0.1) is 13.8 Å². The first-order valence-electron chi connectivity index (χ1n) is 11.1. The Bertz CT molecular complexity index is 1170. The van der Waals surface area contributed by atoms with Gasteiger partial charge in [-0.15, -0.1) is 11.8 Å². The molecule has 1 saturated heterocycles. The predicted molar refractivity (Wildman–Crippen MR) is 137 cm³/mol. The van der Waals surface area contributed by atoms with Gasteiger partial charge < -0.3 is 15.0 Å². The van der Waals surface area contributed by atoms with Gasteiger partial charge in [-0.25, -0.2) is 0 Å². The molecule has 5 nitrogen and oxygen atoms in total. The number of hydrogen-bond donors (Lipinski definition) is 1. The summed E-state index contributed by atoms with van der Waals surface area (Å²) in [4.78, 5) is 26.9. The fourth-order valence-corrected chi connectivity index (χ4v) is 5.11. The largest absolute Gasteiger partial charge is 0.491 e. The van der Waals surface area contributed by atoms with Gasteiger partial charge in [0.25, 0.3) is 5.91 Å². The zero-order valence-corrected chi connectivity index (χ0v) is 20.8. The van der Waals surface area contributed by atoms with Gasteiger partial charge in [0.2, 0.25) is 5.91 Å². The molecule has 1 aliphatic rings. The molecule has 7 heteroatoms. The Kier molecular flexibility index (Phi) is 7.80. The second kappa shape index (κ2) is 11.0. The number of carbonyl (C=O) groups is 2. The third-order valence-corrected chi connectivity index (χ3v) is 7.40. The number of carbonyl (C=O) groups excluding carboxylic acids is 2. The van der Waals surface area contributed by atoms with Crippen LogP contribution in [0.5, 0.6) is 5.75 Å². The Morgan fingerprint density at radius 3 is 2.56 bits per heavy atom. The third kappa shape index (κ3) is 5.75. The highest BCUT2D eigenvalue weighted by Crippen LogP contribution is 2.39. The van der Waals surface area contributed by atoms with Crippen LogP contribution in [0.4, 0.5) is 0 Å². The molecule has 0 aromatic heterocycles. The average Bonchev–Trinajstić information content (AvgIpc) is 3.20. The van der Waals surface area contributed by atoms with E-state index in [9.17, 15) is 9.59 Å². The molecule has 0 saturated carbocycles. The standard InChI is InChI=1S/C27H27ClN2O3S/c1-18-4-3-5-24(19(18)2)33-15-14-29-26(32)21-8-10-22(11-9-21)27-30(25(31)17-34-27)16-20-6-12-23(28)13-7-20/h3-13,27H,14-17H2,1-2H3,(H,29,32)/t27-/m1/s1. The minimum absolute atomic E-state index is 0.0775. The molecule has 0 bridgehead atoms. The van der Waals surface area contributed by atoms with Gasteiger partial charge in [0.15, 0.2) is 0 Å². The maximum atomic E-state index is 12.5. The smallest absolute Gasteiger partial charge is 0.251 e. The summed E-state index contributed by atoms with van der Waals surface area (Å²) in [5.74, 6) is 1.24. The topological polar surface area (TPSA) is 58.6 Å². The molecule has 0 unspecified atom stereocenters. The van der Waals surface area contributed by atoms with Gasteiger partial charge in [-0.1, -0.05) is 48.0 Å². The summed E-state index contributed by atoms with van der Waals surface area (Å²) in [5.41, 5.74) is 4.89. The summed E-state index contributed by atoms with van der Waals surface area (Å²) in [5, 5.41) is 3.50. The SMILES string of the molecule is Cc1cccc(OCCNC(=O)c2ccc([C@H]3SCC(=O)N3Cc3ccc(Cl)cc3)cc2)c1C. The van der Waals surface area contributed by atoms with Crippen molar-refractivity contribution in [2.75, 3.05) is 18.9 Å². The van der Waals surface area contributed by atoms with E-state index in [4.69, 9.17) is 16.3 Å². The zero-order chi connectivity index (χ0) is 24.1. The van der Waals surface area contributed by atoms with Crippen LogP contribution in [-0.2, 0) is 11.3 Å². The van der Waals surface area contributed by atoms with Crippen LogP contribution in [0.2, 0.25) is 5.02 Å². The Morgan fingerprint density at radius 1 is 1.09 bits per heavy atom. The van der Waals surface area contributed by atoms with Gasteiger partial charge in [-0.05, 0) is 66.4 Å². The van der Waals surface area contributed by atoms with E-state index in [1.165, 1.54) is 5.56 Å². The van der Waals surface area contributed by atoms with Crippen molar-refractivity contribution in [2.45, 2.75) is 25.8 Å². The van der Waals surface area contributed by atoms with Crippen molar-refractivity contribution in [1.82, 2.24) is 10.2 Å². The summed E-state index contributed by atoms with van der Waals surface area (Å²) >= 11 is 7.58. The minimum Gasteiger partial charge on any atom is -0.491 e. The Labute approximate surface area is 209 Å². The molecule has 34 heavy (non-hydrogen) atoms. The van der Waals surface area contributed by atoms with Crippen LogP contribution in [0.25, 0.3) is 0 Å². The molecule has 4 rings (SSSR count). The first-order valence-corrected chi connectivity index (χ1v) is 12.6. The van der Waals surface area contributed by atoms with Crippen LogP contribution in [-0.4, -0.2) is 35.6 Å². The Morgan fingerprint density at radius 2 is 1.82 bits per heavy atom. The van der Waals surface area contributed by atoms with Gasteiger partial charge in [0.1, 0.15) is 17.7 Å². The van der Waals surface area contributed by atoms with Gasteiger partial charge in [-0.3, -0.25) is 9.59 Å². The lowest BCUT2D eigenvalue weighted by Gasteiger charge is -2.24. The summed E-state index contributed by atoms with van der Waals surface area (Å²) in [6.07, 6.45) is 0. The van der Waals surface area contributed by atoms with E-state index < -0.39 is 0 Å². The molecule has 3 aromatic rings. The Hall–Kier alpha value is -2.96. The molecule has 0 radical (unpaired) electrons. The van der Waals surface area contributed by atoms with E-state index in [-0.39, 0.29) is 17.2 Å². The number of aryl methyl sites for hydroxylation is 1. The highest BCUT2D eigenvalue weighted by Gasteiger charge is 2.32. The quantitative estimate of drug-likeness (QED) is 0.418. The molecule has 1 aliphatic heterocycles. The third-order valence-electron chi connectivity index (χ3n) is 5.89. The van der Waals surface area contributed by atoms with E-state index in [1.54, 1.807) is 23.9 Å². The summed E-state index contributed by atoms with van der Waals surface area (Å²) in [6, 6.07) is 20.9. The minimum atomic E-state index is -0.149. The zero-order valence-electron chi connectivity index (χ0n) is 19.2. The number of halogens is 1. The fraction of sp³-hybridized carbons (Fsp3) is 0.259. The first-order chi connectivity index (χ1) is 16.4. The molecule has 1 atom stereocenters. The molecule has 1 heterocycles. The molecule has 2 amide bonds. The van der Waals surface area contributed by atoms with Gasteiger partial charge in [-0.2, -0.15) is 0 Å². The van der Waals surface area contributed by atoms with Crippen LogP contribution in [0.3, 0.4) is 0 Å². The molecule has 1 fully saturated rings. The van der Waals surface area contributed by atoms with Crippen molar-refractivity contribution in [3.05, 3.63) is 99.6 Å². The number of thioether (sulfide) groups is 1. The van der Waals surface area contributed by atoms with Crippen LogP contribution in [0.1, 0.15) is 38.0 Å². The summed E-state index contributed by atoms with van der Waals surface area (Å²) in [6.45, 7) is 5.41. The van der Waals surface area contributed by atoms with Gasteiger partial charge in [0, 0.05) is 17.1 Å². The number of hydrogen-bond acceptors (Lipinski definition) is 4. The monoisotopic (exact) mass is 494 g/mol. The molecular formula is C27H27ClN2O3S. The van der Waals surface area contributed by atoms with E-state index >= 15 is 0 Å². The lowest BCUT2D eigenvalue weighted by molar-refractivity contribution is -0.128. The van der Waals surface area contributed by atoms with Crippen molar-refractivity contribution < 1.29 is 14.3 Å². The van der Waals surface area contributed by atoms with E-state index in [1.807, 2.05) is 73.3 Å². The van der Waals surface area contributed by atoms with Crippen molar-refractivity contribution in [1.29, 1.82) is 0 Å². The number of nitrogens with zero attached hydrogens (tertiary/aromatic N) is 1. The molecule has 0 aliphatic carbocycles. The summed E-state index contributed by atoms with van der Waals surface area (Å²) in [7, 11) is 0. The second-order valence-electron chi connectivity index (χ2n) is 8.24. The van der Waals surface area contributed by atoms with Gasteiger partial charge >= 0.3 is 0 Å². The maximum absolute atomic E-state index is 12.5. The van der Waals surface area contributed by atoms with Crippen molar-refractivity contribution in [2.24, 2.45) is 0 Å². The molecule has 176 valence electrons. The summed E-state index contributed by atoms with van der Waals surface area (Å²) < 4.78 is 5.81.